The number of anilines is 1. The van der Waals surface area contributed by atoms with Gasteiger partial charge in [-0.15, -0.1) is 0 Å². The predicted molar refractivity (Wildman–Crippen MR) is 87.4 cm³/mol. The number of halogens is 1. The summed E-state index contributed by atoms with van der Waals surface area (Å²) in [5, 5.41) is 0.157. The van der Waals surface area contributed by atoms with Crippen molar-refractivity contribution in [1.82, 2.24) is 9.97 Å². The molecule has 0 aromatic carbocycles. The molecule has 1 atom stereocenters. The van der Waals surface area contributed by atoms with Crippen molar-refractivity contribution in [3.05, 3.63) is 77.6 Å². The number of carbonyl (C=O) groups is 1. The van der Waals surface area contributed by atoms with Crippen LogP contribution >= 0.6 is 11.6 Å². The minimum absolute atomic E-state index is 0.157. The molecule has 0 bridgehead atoms. The zero-order valence-corrected chi connectivity index (χ0v) is 13.1. The van der Waals surface area contributed by atoms with Gasteiger partial charge in [0.2, 0.25) is 0 Å². The molecule has 5 nitrogen and oxygen atoms in total. The lowest BCUT2D eigenvalue weighted by molar-refractivity contribution is 0.0974. The number of aromatic nitrogens is 2. The second-order valence-corrected chi connectivity index (χ2v) is 5.25. The molecular weight excluding hydrogens is 314 g/mol. The number of furan rings is 1. The zero-order chi connectivity index (χ0) is 16.2. The number of amides is 1. The fraction of sp³-hybridized carbons (Fsp3) is 0.118. The minimum atomic E-state index is -0.344. The van der Waals surface area contributed by atoms with Crippen LogP contribution in [-0.2, 0) is 0 Å². The van der Waals surface area contributed by atoms with Gasteiger partial charge >= 0.3 is 0 Å². The fourth-order valence-electron chi connectivity index (χ4n) is 2.31. The third-order valence-corrected chi connectivity index (χ3v) is 3.75. The largest absolute Gasteiger partial charge is 0.467 e. The average molecular weight is 328 g/mol. The van der Waals surface area contributed by atoms with Gasteiger partial charge in [-0.05, 0) is 43.3 Å². The number of hydrogen-bond acceptors (Lipinski definition) is 4. The summed E-state index contributed by atoms with van der Waals surface area (Å²) >= 11 is 6.08. The van der Waals surface area contributed by atoms with E-state index in [2.05, 4.69) is 9.97 Å². The Bertz CT molecular complexity index is 791. The lowest BCUT2D eigenvalue weighted by Crippen LogP contribution is -2.34. The monoisotopic (exact) mass is 327 g/mol. The second-order valence-electron chi connectivity index (χ2n) is 4.90. The normalized spacial score (nSPS) is 11.9. The summed E-state index contributed by atoms with van der Waals surface area (Å²) in [7, 11) is 0. The molecule has 0 saturated carbocycles. The van der Waals surface area contributed by atoms with E-state index in [1.54, 1.807) is 53.9 Å². The lowest BCUT2D eigenvalue weighted by atomic mass is 10.1. The summed E-state index contributed by atoms with van der Waals surface area (Å²) in [4.78, 5) is 22.8. The van der Waals surface area contributed by atoms with Crippen LogP contribution in [0, 0.1) is 0 Å². The van der Waals surface area contributed by atoms with E-state index in [1.165, 1.54) is 0 Å². The molecule has 0 spiro atoms. The number of pyridine rings is 2. The Labute approximate surface area is 138 Å². The second kappa shape index (κ2) is 6.62. The highest BCUT2D eigenvalue weighted by atomic mass is 35.5. The molecule has 0 N–H and O–H groups in total. The number of hydrogen-bond donors (Lipinski definition) is 0. The highest BCUT2D eigenvalue weighted by Crippen LogP contribution is 2.28. The van der Waals surface area contributed by atoms with Crippen LogP contribution in [0.1, 0.15) is 29.1 Å². The van der Waals surface area contributed by atoms with Crippen molar-refractivity contribution in [3.63, 3.8) is 0 Å². The van der Waals surface area contributed by atoms with Crippen LogP contribution < -0.4 is 4.90 Å². The summed E-state index contributed by atoms with van der Waals surface area (Å²) in [6.07, 6.45) is 4.75. The van der Waals surface area contributed by atoms with Crippen LogP contribution in [0.25, 0.3) is 0 Å². The van der Waals surface area contributed by atoms with Crippen LogP contribution in [0.15, 0.2) is 65.5 Å². The molecule has 1 amide bonds. The molecule has 116 valence electrons. The Hall–Kier alpha value is -2.66. The summed E-state index contributed by atoms with van der Waals surface area (Å²) in [6.45, 7) is 1.87. The van der Waals surface area contributed by atoms with E-state index in [-0.39, 0.29) is 17.1 Å². The van der Waals surface area contributed by atoms with Gasteiger partial charge in [-0.25, -0.2) is 9.97 Å². The molecule has 0 aliphatic heterocycles. The van der Waals surface area contributed by atoms with Gasteiger partial charge in [0.1, 0.15) is 16.7 Å². The van der Waals surface area contributed by atoms with Gasteiger partial charge in [0.15, 0.2) is 0 Å². The lowest BCUT2D eigenvalue weighted by Gasteiger charge is -2.27. The van der Waals surface area contributed by atoms with Gasteiger partial charge in [0.05, 0.1) is 17.9 Å². The molecule has 0 aliphatic rings. The predicted octanol–water partition coefficient (Wildman–Crippen LogP) is 4.13. The van der Waals surface area contributed by atoms with E-state index >= 15 is 0 Å². The Morgan fingerprint density at radius 3 is 2.61 bits per heavy atom. The standard InChI is InChI=1S/C17H14ClN3O2/c1-12(14-7-5-11-23-14)21(15-8-2-3-9-19-15)17(22)13-6-4-10-20-16(13)18/h2-12H,1H3/t12-/m0/s1. The first kappa shape index (κ1) is 15.2. The van der Waals surface area contributed by atoms with Crippen molar-refractivity contribution < 1.29 is 9.21 Å². The molecule has 3 heterocycles. The Kier molecular flexibility index (Phi) is 4.39. The van der Waals surface area contributed by atoms with Gasteiger partial charge in [0, 0.05) is 12.4 Å². The Morgan fingerprint density at radius 1 is 1.13 bits per heavy atom. The first-order valence-corrected chi connectivity index (χ1v) is 7.45. The van der Waals surface area contributed by atoms with Gasteiger partial charge in [-0.2, -0.15) is 0 Å². The van der Waals surface area contributed by atoms with E-state index in [0.29, 0.717) is 17.1 Å². The highest BCUT2D eigenvalue weighted by molar-refractivity contribution is 6.33. The molecule has 0 fully saturated rings. The molecule has 3 aromatic heterocycles. The maximum atomic E-state index is 13.0. The van der Waals surface area contributed by atoms with Gasteiger partial charge in [0.25, 0.3) is 5.91 Å². The van der Waals surface area contributed by atoms with E-state index in [4.69, 9.17) is 16.0 Å². The summed E-state index contributed by atoms with van der Waals surface area (Å²) < 4.78 is 5.44. The van der Waals surface area contributed by atoms with Crippen molar-refractivity contribution in [2.24, 2.45) is 0 Å². The smallest absolute Gasteiger partial charge is 0.263 e. The molecule has 6 heteroatoms. The van der Waals surface area contributed by atoms with Crippen LogP contribution in [0.4, 0.5) is 5.82 Å². The number of rotatable bonds is 4. The van der Waals surface area contributed by atoms with Crippen LogP contribution in [0.5, 0.6) is 0 Å². The van der Waals surface area contributed by atoms with Crippen LogP contribution in [0.2, 0.25) is 5.15 Å². The summed E-state index contributed by atoms with van der Waals surface area (Å²) in [5.74, 6) is 0.885. The topological polar surface area (TPSA) is 59.2 Å². The molecular formula is C17H14ClN3O2. The SMILES string of the molecule is C[C@@H](c1ccco1)N(C(=O)c1cccnc1Cl)c1ccccn1. The first-order chi connectivity index (χ1) is 11.2. The average Bonchev–Trinajstić information content (AvgIpc) is 3.11. The Morgan fingerprint density at radius 2 is 1.96 bits per heavy atom. The molecule has 0 radical (unpaired) electrons. The number of carbonyl (C=O) groups excluding carboxylic acids is 1. The van der Waals surface area contributed by atoms with Crippen molar-refractivity contribution >= 4 is 23.3 Å². The van der Waals surface area contributed by atoms with Gasteiger partial charge in [-0.3, -0.25) is 9.69 Å². The number of nitrogens with zero attached hydrogens (tertiary/aromatic N) is 3. The minimum Gasteiger partial charge on any atom is -0.467 e. The van der Waals surface area contributed by atoms with E-state index < -0.39 is 0 Å². The van der Waals surface area contributed by atoms with E-state index in [9.17, 15) is 4.79 Å². The molecule has 3 rings (SSSR count). The quantitative estimate of drug-likeness (QED) is 0.676. The van der Waals surface area contributed by atoms with E-state index in [0.717, 1.165) is 0 Å². The highest BCUT2D eigenvalue weighted by Gasteiger charge is 2.28. The van der Waals surface area contributed by atoms with Gasteiger partial charge < -0.3 is 4.42 Å². The van der Waals surface area contributed by atoms with Crippen LogP contribution in [-0.4, -0.2) is 15.9 Å². The van der Waals surface area contributed by atoms with Crippen molar-refractivity contribution in [1.29, 1.82) is 0 Å². The summed E-state index contributed by atoms with van der Waals surface area (Å²) in [6, 6.07) is 12.0. The summed E-state index contributed by atoms with van der Waals surface area (Å²) in [5.41, 5.74) is 0.318. The van der Waals surface area contributed by atoms with Crippen molar-refractivity contribution in [2.75, 3.05) is 4.90 Å². The van der Waals surface area contributed by atoms with Gasteiger partial charge in [-0.1, -0.05) is 17.7 Å². The molecule has 0 unspecified atom stereocenters. The zero-order valence-electron chi connectivity index (χ0n) is 12.4. The maximum absolute atomic E-state index is 13.0. The van der Waals surface area contributed by atoms with E-state index in [1.807, 2.05) is 19.1 Å². The van der Waals surface area contributed by atoms with Crippen molar-refractivity contribution in [3.8, 4) is 0 Å². The molecule has 0 aliphatic carbocycles. The third-order valence-electron chi connectivity index (χ3n) is 3.45. The molecule has 23 heavy (non-hydrogen) atoms. The van der Waals surface area contributed by atoms with Crippen molar-refractivity contribution in [2.45, 2.75) is 13.0 Å². The molecule has 3 aromatic rings. The Balaban J connectivity index is 2.05. The maximum Gasteiger partial charge on any atom is 0.263 e. The fourth-order valence-corrected chi connectivity index (χ4v) is 2.51. The first-order valence-electron chi connectivity index (χ1n) is 7.07. The molecule has 0 saturated heterocycles. The van der Waals surface area contributed by atoms with Crippen LogP contribution in [0.3, 0.4) is 0 Å². The third kappa shape index (κ3) is 3.10.